The highest BCUT2D eigenvalue weighted by Gasteiger charge is 2.12. The molecule has 0 saturated heterocycles. The van der Waals surface area contributed by atoms with Gasteiger partial charge in [0.05, 0.1) is 12.2 Å². The van der Waals surface area contributed by atoms with E-state index in [2.05, 4.69) is 53.4 Å². The number of hydrogen-bond acceptors (Lipinski definition) is 3. The molecule has 4 heteroatoms. The van der Waals surface area contributed by atoms with E-state index in [4.69, 9.17) is 0 Å². The molecule has 1 unspecified atom stereocenters. The maximum atomic E-state index is 12.0. The standard InChI is InChI=1S/C17H21N3O/c1-12(2)10-14-4-6-15(7-5-14)13(3)20-17(21)16-11-18-8-9-19-16/h4-9,11-13H,10H2,1-3H3,(H,20,21). The largest absolute Gasteiger partial charge is 0.344 e. The molecular formula is C17H21N3O. The van der Waals surface area contributed by atoms with Crippen molar-refractivity contribution in [1.29, 1.82) is 0 Å². The molecule has 1 heterocycles. The maximum Gasteiger partial charge on any atom is 0.271 e. The van der Waals surface area contributed by atoms with Crippen LogP contribution in [0.3, 0.4) is 0 Å². The van der Waals surface area contributed by atoms with Crippen LogP contribution in [0.25, 0.3) is 0 Å². The lowest BCUT2D eigenvalue weighted by molar-refractivity contribution is 0.0934. The van der Waals surface area contributed by atoms with E-state index in [9.17, 15) is 4.79 Å². The number of carbonyl (C=O) groups excluding carboxylic acids is 1. The molecule has 0 fully saturated rings. The zero-order valence-corrected chi connectivity index (χ0v) is 12.7. The topological polar surface area (TPSA) is 54.9 Å². The van der Waals surface area contributed by atoms with Crippen LogP contribution < -0.4 is 5.32 Å². The Kier molecular flexibility index (Phi) is 5.04. The van der Waals surface area contributed by atoms with Gasteiger partial charge in [0.15, 0.2) is 0 Å². The van der Waals surface area contributed by atoms with E-state index >= 15 is 0 Å². The molecule has 1 aromatic carbocycles. The molecule has 0 aliphatic rings. The second kappa shape index (κ2) is 6.97. The Hall–Kier alpha value is -2.23. The summed E-state index contributed by atoms with van der Waals surface area (Å²) in [6.45, 7) is 6.38. The molecule has 0 radical (unpaired) electrons. The molecular weight excluding hydrogens is 262 g/mol. The highest BCUT2D eigenvalue weighted by molar-refractivity contribution is 5.92. The monoisotopic (exact) mass is 283 g/mol. The Bertz CT molecular complexity index is 579. The zero-order chi connectivity index (χ0) is 15.2. The molecule has 2 rings (SSSR count). The molecule has 0 bridgehead atoms. The fourth-order valence-electron chi connectivity index (χ4n) is 2.18. The Morgan fingerprint density at radius 2 is 1.86 bits per heavy atom. The predicted octanol–water partition coefficient (Wildman–Crippen LogP) is 3.17. The molecule has 21 heavy (non-hydrogen) atoms. The average Bonchev–Trinajstić information content (AvgIpc) is 2.48. The third-order valence-corrected chi connectivity index (χ3v) is 3.27. The van der Waals surface area contributed by atoms with Crippen LogP contribution in [0.4, 0.5) is 0 Å². The van der Waals surface area contributed by atoms with Gasteiger partial charge in [0.2, 0.25) is 0 Å². The van der Waals surface area contributed by atoms with Crippen LogP contribution in [-0.4, -0.2) is 15.9 Å². The number of benzene rings is 1. The first kappa shape index (κ1) is 15.2. The molecule has 0 spiro atoms. The molecule has 0 saturated carbocycles. The summed E-state index contributed by atoms with van der Waals surface area (Å²) in [5.74, 6) is 0.437. The Morgan fingerprint density at radius 1 is 1.14 bits per heavy atom. The summed E-state index contributed by atoms with van der Waals surface area (Å²) < 4.78 is 0. The number of nitrogens with one attached hydrogen (secondary N) is 1. The minimum atomic E-state index is -0.207. The van der Waals surface area contributed by atoms with E-state index in [-0.39, 0.29) is 11.9 Å². The van der Waals surface area contributed by atoms with E-state index in [1.807, 2.05) is 6.92 Å². The summed E-state index contributed by atoms with van der Waals surface area (Å²) in [5, 5.41) is 2.93. The van der Waals surface area contributed by atoms with Crippen LogP contribution >= 0.6 is 0 Å². The lowest BCUT2D eigenvalue weighted by Gasteiger charge is -2.15. The summed E-state index contributed by atoms with van der Waals surface area (Å²) >= 11 is 0. The van der Waals surface area contributed by atoms with Crippen molar-refractivity contribution in [1.82, 2.24) is 15.3 Å². The van der Waals surface area contributed by atoms with Gasteiger partial charge in [-0.05, 0) is 30.4 Å². The van der Waals surface area contributed by atoms with Crippen molar-refractivity contribution in [3.05, 3.63) is 59.7 Å². The molecule has 1 N–H and O–H groups in total. The van der Waals surface area contributed by atoms with Gasteiger partial charge >= 0.3 is 0 Å². The summed E-state index contributed by atoms with van der Waals surface area (Å²) in [6.07, 6.45) is 5.60. The van der Waals surface area contributed by atoms with E-state index in [1.54, 1.807) is 6.20 Å². The van der Waals surface area contributed by atoms with Gasteiger partial charge in [-0.1, -0.05) is 38.1 Å². The van der Waals surface area contributed by atoms with Gasteiger partial charge in [-0.25, -0.2) is 4.98 Å². The van der Waals surface area contributed by atoms with Crippen LogP contribution in [0.5, 0.6) is 0 Å². The number of rotatable bonds is 5. The minimum absolute atomic E-state index is 0.0624. The minimum Gasteiger partial charge on any atom is -0.344 e. The SMILES string of the molecule is CC(C)Cc1ccc(C(C)NC(=O)c2cnccn2)cc1. The average molecular weight is 283 g/mol. The van der Waals surface area contributed by atoms with Gasteiger partial charge < -0.3 is 5.32 Å². The lowest BCUT2D eigenvalue weighted by Crippen LogP contribution is -2.27. The number of aromatic nitrogens is 2. The molecule has 0 aliphatic heterocycles. The number of nitrogens with zero attached hydrogens (tertiary/aromatic N) is 2. The first-order valence-corrected chi connectivity index (χ1v) is 7.22. The van der Waals surface area contributed by atoms with Crippen molar-refractivity contribution >= 4 is 5.91 Å². The van der Waals surface area contributed by atoms with Gasteiger partial charge in [0.25, 0.3) is 5.91 Å². The Labute approximate surface area is 125 Å². The van der Waals surface area contributed by atoms with Crippen LogP contribution in [0, 0.1) is 5.92 Å². The molecule has 0 aliphatic carbocycles. The molecule has 1 amide bonds. The summed E-state index contributed by atoms with van der Waals surface area (Å²) in [5.41, 5.74) is 2.74. The first-order valence-electron chi connectivity index (χ1n) is 7.22. The fraction of sp³-hybridized carbons (Fsp3) is 0.353. The van der Waals surface area contributed by atoms with Crippen LogP contribution in [0.15, 0.2) is 42.9 Å². The van der Waals surface area contributed by atoms with Crippen molar-refractivity contribution < 1.29 is 4.79 Å². The normalized spacial score (nSPS) is 12.2. The highest BCUT2D eigenvalue weighted by Crippen LogP contribution is 2.15. The van der Waals surface area contributed by atoms with Crippen molar-refractivity contribution in [2.45, 2.75) is 33.2 Å². The number of carbonyl (C=O) groups is 1. The molecule has 1 aromatic heterocycles. The van der Waals surface area contributed by atoms with Gasteiger partial charge in [-0.3, -0.25) is 9.78 Å². The predicted molar refractivity (Wildman–Crippen MR) is 82.9 cm³/mol. The van der Waals surface area contributed by atoms with Gasteiger partial charge in [-0.2, -0.15) is 0 Å². The smallest absolute Gasteiger partial charge is 0.271 e. The Morgan fingerprint density at radius 3 is 2.43 bits per heavy atom. The van der Waals surface area contributed by atoms with Gasteiger partial charge in [-0.15, -0.1) is 0 Å². The van der Waals surface area contributed by atoms with Crippen molar-refractivity contribution in [3.8, 4) is 0 Å². The fourth-order valence-corrected chi connectivity index (χ4v) is 2.18. The van der Waals surface area contributed by atoms with E-state index in [1.165, 1.54) is 18.0 Å². The van der Waals surface area contributed by atoms with E-state index < -0.39 is 0 Å². The second-order valence-corrected chi connectivity index (χ2v) is 5.63. The second-order valence-electron chi connectivity index (χ2n) is 5.63. The summed E-state index contributed by atoms with van der Waals surface area (Å²) in [4.78, 5) is 19.9. The van der Waals surface area contributed by atoms with E-state index in [0.29, 0.717) is 11.6 Å². The van der Waals surface area contributed by atoms with Crippen molar-refractivity contribution in [3.63, 3.8) is 0 Å². The van der Waals surface area contributed by atoms with Crippen molar-refractivity contribution in [2.24, 2.45) is 5.92 Å². The third-order valence-electron chi connectivity index (χ3n) is 3.27. The quantitative estimate of drug-likeness (QED) is 0.917. The molecule has 1 atom stereocenters. The van der Waals surface area contributed by atoms with Crippen LogP contribution in [0.2, 0.25) is 0 Å². The number of hydrogen-bond donors (Lipinski definition) is 1. The summed E-state index contributed by atoms with van der Waals surface area (Å²) in [7, 11) is 0. The van der Waals surface area contributed by atoms with Gasteiger partial charge in [0, 0.05) is 12.4 Å². The maximum absolute atomic E-state index is 12.0. The third kappa shape index (κ3) is 4.38. The highest BCUT2D eigenvalue weighted by atomic mass is 16.1. The zero-order valence-electron chi connectivity index (χ0n) is 12.7. The van der Waals surface area contributed by atoms with Crippen molar-refractivity contribution in [2.75, 3.05) is 0 Å². The molecule has 110 valence electrons. The molecule has 4 nitrogen and oxygen atoms in total. The lowest BCUT2D eigenvalue weighted by atomic mass is 10.00. The van der Waals surface area contributed by atoms with Gasteiger partial charge in [0.1, 0.15) is 5.69 Å². The van der Waals surface area contributed by atoms with E-state index in [0.717, 1.165) is 12.0 Å². The number of amides is 1. The first-order chi connectivity index (χ1) is 10.1. The molecule has 2 aromatic rings. The van der Waals surface area contributed by atoms with Crippen LogP contribution in [0.1, 0.15) is 48.4 Å². The van der Waals surface area contributed by atoms with Crippen LogP contribution in [-0.2, 0) is 6.42 Å². The Balaban J connectivity index is 2.00. The summed E-state index contributed by atoms with van der Waals surface area (Å²) in [6, 6.07) is 8.33.